The molecule has 0 saturated carbocycles. The van der Waals surface area contributed by atoms with Gasteiger partial charge in [-0.2, -0.15) is 5.10 Å². The number of ether oxygens (including phenoxy) is 1. The maximum Gasteiger partial charge on any atom is 0.266 e. The van der Waals surface area contributed by atoms with Crippen LogP contribution in [0, 0.1) is 5.82 Å². The van der Waals surface area contributed by atoms with Crippen molar-refractivity contribution in [1.29, 1.82) is 0 Å². The number of aromatic nitrogens is 2. The summed E-state index contributed by atoms with van der Waals surface area (Å²) >= 11 is 0. The number of halogens is 1. The zero-order chi connectivity index (χ0) is 20.6. The molecule has 3 aromatic rings. The lowest BCUT2D eigenvalue weighted by atomic mass is 10.1. The molecule has 6 nitrogen and oxygen atoms in total. The van der Waals surface area contributed by atoms with Crippen LogP contribution in [0.25, 0.3) is 11.3 Å². The highest BCUT2D eigenvalue weighted by Gasteiger charge is 2.14. The largest absolute Gasteiger partial charge is 0.481 e. The zero-order valence-corrected chi connectivity index (χ0v) is 16.0. The molecule has 0 unspecified atom stereocenters. The number of aryl methyl sites for hydroxylation is 1. The van der Waals surface area contributed by atoms with Crippen LogP contribution in [0.1, 0.15) is 13.3 Å². The third-order valence-electron chi connectivity index (χ3n) is 4.26. The molecule has 0 aliphatic heterocycles. The van der Waals surface area contributed by atoms with Crippen LogP contribution in [0.15, 0.2) is 71.5 Å². The molecule has 3 rings (SSSR count). The summed E-state index contributed by atoms with van der Waals surface area (Å²) in [4.78, 5) is 24.2. The molecule has 2 aromatic carbocycles. The van der Waals surface area contributed by atoms with Crippen LogP contribution >= 0.6 is 0 Å². The van der Waals surface area contributed by atoms with Gasteiger partial charge in [0.25, 0.3) is 11.5 Å². The Morgan fingerprint density at radius 1 is 1.14 bits per heavy atom. The average molecular weight is 395 g/mol. The van der Waals surface area contributed by atoms with Crippen LogP contribution in [-0.2, 0) is 11.3 Å². The monoisotopic (exact) mass is 395 g/mol. The molecule has 1 N–H and O–H groups in total. The molecule has 1 atom stereocenters. The predicted molar refractivity (Wildman–Crippen MR) is 108 cm³/mol. The lowest BCUT2D eigenvalue weighted by molar-refractivity contribution is -0.127. The van der Waals surface area contributed by atoms with E-state index in [1.165, 1.54) is 28.9 Å². The fourth-order valence-corrected chi connectivity index (χ4v) is 2.75. The van der Waals surface area contributed by atoms with Crippen molar-refractivity contribution >= 4 is 5.91 Å². The second-order valence-corrected chi connectivity index (χ2v) is 6.51. The summed E-state index contributed by atoms with van der Waals surface area (Å²) in [5.41, 5.74) is 1.45. The minimum Gasteiger partial charge on any atom is -0.481 e. The van der Waals surface area contributed by atoms with Gasteiger partial charge in [0.1, 0.15) is 11.6 Å². The molecular formula is C22H22FN3O3. The van der Waals surface area contributed by atoms with E-state index in [-0.39, 0.29) is 11.5 Å². The maximum atomic E-state index is 13.2. The molecule has 29 heavy (non-hydrogen) atoms. The molecule has 150 valence electrons. The standard InChI is InChI=1S/C22H22FN3O3/c1-16(29-19-10-5-9-18(23)15-19)22(28)24-13-6-14-26-21(27)12-11-20(25-26)17-7-3-2-4-8-17/h2-5,7-12,15-16H,6,13-14H2,1H3,(H,24,28)/t16-/m1/s1. The molecule has 0 spiro atoms. The molecule has 0 radical (unpaired) electrons. The molecule has 1 aromatic heterocycles. The minimum atomic E-state index is -0.765. The van der Waals surface area contributed by atoms with Gasteiger partial charge in [-0.05, 0) is 31.5 Å². The highest BCUT2D eigenvalue weighted by Crippen LogP contribution is 2.14. The topological polar surface area (TPSA) is 73.2 Å². The molecule has 0 aliphatic carbocycles. The van der Waals surface area contributed by atoms with Crippen LogP contribution < -0.4 is 15.6 Å². The van der Waals surface area contributed by atoms with E-state index in [0.29, 0.717) is 31.0 Å². The molecule has 0 fully saturated rings. The summed E-state index contributed by atoms with van der Waals surface area (Å²) < 4.78 is 20.0. The SMILES string of the molecule is C[C@@H](Oc1cccc(F)c1)C(=O)NCCCn1nc(-c2ccccc2)ccc1=O. The Hall–Kier alpha value is -3.48. The van der Waals surface area contributed by atoms with Gasteiger partial charge < -0.3 is 10.1 Å². The second kappa shape index (κ2) is 9.64. The smallest absolute Gasteiger partial charge is 0.266 e. The highest BCUT2D eigenvalue weighted by atomic mass is 19.1. The van der Waals surface area contributed by atoms with Gasteiger partial charge in [-0.1, -0.05) is 36.4 Å². The Morgan fingerprint density at radius 2 is 1.93 bits per heavy atom. The predicted octanol–water partition coefficient (Wildman–Crippen LogP) is 3.02. The molecular weight excluding hydrogens is 373 g/mol. The first-order valence-corrected chi connectivity index (χ1v) is 9.36. The van der Waals surface area contributed by atoms with Crippen molar-refractivity contribution in [2.24, 2.45) is 0 Å². The zero-order valence-electron chi connectivity index (χ0n) is 16.0. The summed E-state index contributed by atoms with van der Waals surface area (Å²) in [5, 5.41) is 7.14. The summed E-state index contributed by atoms with van der Waals surface area (Å²) in [7, 11) is 0. The van der Waals surface area contributed by atoms with Crippen LogP contribution in [0.2, 0.25) is 0 Å². The van der Waals surface area contributed by atoms with Crippen molar-refractivity contribution < 1.29 is 13.9 Å². The van der Waals surface area contributed by atoms with Crippen LogP contribution in [0.3, 0.4) is 0 Å². The molecule has 1 heterocycles. The first kappa shape index (κ1) is 20.3. The van der Waals surface area contributed by atoms with Gasteiger partial charge in [-0.25, -0.2) is 9.07 Å². The Labute approximate surface area is 168 Å². The van der Waals surface area contributed by atoms with Crippen LogP contribution in [0.4, 0.5) is 4.39 Å². The fraction of sp³-hybridized carbons (Fsp3) is 0.227. The molecule has 0 saturated heterocycles. The van der Waals surface area contributed by atoms with E-state index in [1.54, 1.807) is 19.1 Å². The third kappa shape index (κ3) is 5.75. The van der Waals surface area contributed by atoms with Crippen molar-refractivity contribution in [1.82, 2.24) is 15.1 Å². The van der Waals surface area contributed by atoms with Crippen LogP contribution in [-0.4, -0.2) is 28.3 Å². The van der Waals surface area contributed by atoms with Gasteiger partial charge in [-0.15, -0.1) is 0 Å². The van der Waals surface area contributed by atoms with E-state index in [0.717, 1.165) is 5.56 Å². The second-order valence-electron chi connectivity index (χ2n) is 6.51. The lowest BCUT2D eigenvalue weighted by Gasteiger charge is -2.15. The van der Waals surface area contributed by atoms with Crippen molar-refractivity contribution in [3.05, 3.63) is 82.9 Å². The number of nitrogens with zero attached hydrogens (tertiary/aromatic N) is 2. The van der Waals surface area contributed by atoms with Crippen LogP contribution in [0.5, 0.6) is 5.75 Å². The number of carbonyl (C=O) groups excluding carboxylic acids is 1. The Balaban J connectivity index is 1.50. The first-order chi connectivity index (χ1) is 14.0. The number of carbonyl (C=O) groups is 1. The average Bonchev–Trinajstić information content (AvgIpc) is 2.73. The van der Waals surface area contributed by atoms with Crippen molar-refractivity contribution in [3.63, 3.8) is 0 Å². The van der Waals surface area contributed by atoms with E-state index in [1.807, 2.05) is 30.3 Å². The van der Waals surface area contributed by atoms with Gasteiger partial charge in [-0.3, -0.25) is 9.59 Å². The number of rotatable bonds is 8. The van der Waals surface area contributed by atoms with E-state index >= 15 is 0 Å². The number of hydrogen-bond acceptors (Lipinski definition) is 4. The van der Waals surface area contributed by atoms with Crippen molar-refractivity contribution in [2.45, 2.75) is 26.0 Å². The fourth-order valence-electron chi connectivity index (χ4n) is 2.75. The van der Waals surface area contributed by atoms with E-state index in [2.05, 4.69) is 10.4 Å². The summed E-state index contributed by atoms with van der Waals surface area (Å²) in [6, 6.07) is 18.4. The van der Waals surface area contributed by atoms with Gasteiger partial charge >= 0.3 is 0 Å². The third-order valence-corrected chi connectivity index (χ3v) is 4.26. The Morgan fingerprint density at radius 3 is 2.69 bits per heavy atom. The van der Waals surface area contributed by atoms with Gasteiger partial charge in [0.15, 0.2) is 6.10 Å². The summed E-state index contributed by atoms with van der Waals surface area (Å²) in [6.45, 7) is 2.33. The molecule has 0 bridgehead atoms. The van der Waals surface area contributed by atoms with E-state index in [9.17, 15) is 14.0 Å². The highest BCUT2D eigenvalue weighted by molar-refractivity contribution is 5.80. The maximum absolute atomic E-state index is 13.2. The lowest BCUT2D eigenvalue weighted by Crippen LogP contribution is -2.37. The van der Waals surface area contributed by atoms with Crippen molar-refractivity contribution in [3.8, 4) is 17.0 Å². The summed E-state index contributed by atoms with van der Waals surface area (Å²) in [5.74, 6) is -0.445. The molecule has 0 aliphatic rings. The number of nitrogens with one attached hydrogen (secondary N) is 1. The van der Waals surface area contributed by atoms with Crippen molar-refractivity contribution in [2.75, 3.05) is 6.54 Å². The van der Waals surface area contributed by atoms with Gasteiger partial charge in [0.05, 0.1) is 5.69 Å². The minimum absolute atomic E-state index is 0.196. The summed E-state index contributed by atoms with van der Waals surface area (Å²) in [6.07, 6.45) is -0.233. The Kier molecular flexibility index (Phi) is 6.73. The number of amides is 1. The first-order valence-electron chi connectivity index (χ1n) is 9.36. The van der Waals surface area contributed by atoms with Gasteiger partial charge in [0, 0.05) is 30.8 Å². The van der Waals surface area contributed by atoms with E-state index < -0.39 is 11.9 Å². The molecule has 1 amide bonds. The van der Waals surface area contributed by atoms with E-state index in [4.69, 9.17) is 4.74 Å². The van der Waals surface area contributed by atoms with Gasteiger partial charge in [0.2, 0.25) is 0 Å². The molecule has 7 heteroatoms. The quantitative estimate of drug-likeness (QED) is 0.595. The number of hydrogen-bond donors (Lipinski definition) is 1. The Bertz CT molecular complexity index is 1020. The normalized spacial score (nSPS) is 11.7. The number of benzene rings is 2.